The topological polar surface area (TPSA) is 16.1 Å². The average Bonchev–Trinajstić information content (AvgIpc) is 2.17. The lowest BCUT2D eigenvalue weighted by Crippen LogP contribution is -2.35. The van der Waals surface area contributed by atoms with Gasteiger partial charge in [0.1, 0.15) is 0 Å². The summed E-state index contributed by atoms with van der Waals surface area (Å²) in [7, 11) is 0. The minimum Gasteiger partial charge on any atom is -0.368 e. The van der Waals surface area contributed by atoms with E-state index in [1.807, 2.05) is 12.4 Å². The van der Waals surface area contributed by atoms with Crippen molar-refractivity contribution in [3.8, 4) is 0 Å². The van der Waals surface area contributed by atoms with E-state index in [-0.39, 0.29) is 0 Å². The van der Waals surface area contributed by atoms with E-state index in [1.54, 1.807) is 0 Å². The highest BCUT2D eigenvalue weighted by atomic mass is 15.2. The van der Waals surface area contributed by atoms with Crippen molar-refractivity contribution in [2.45, 2.75) is 32.7 Å². The van der Waals surface area contributed by atoms with Crippen LogP contribution in [0.4, 0.5) is 5.69 Å². The smallest absolute Gasteiger partial charge is 0.0587 e. The molecule has 1 aromatic rings. The van der Waals surface area contributed by atoms with Gasteiger partial charge in [-0.3, -0.25) is 4.98 Å². The van der Waals surface area contributed by atoms with Crippen LogP contribution in [-0.2, 0) is 6.42 Å². The molecule has 2 heterocycles. The minimum atomic E-state index is 0.586. The lowest BCUT2D eigenvalue weighted by Gasteiger charge is -2.34. The molecule has 0 saturated carbocycles. The standard InChI is InChI=1S/C11H16N2/c1-9(2)13-7-3-4-10-5-6-12-8-11(10)13/h5-6,8-9H,3-4,7H2,1-2H3. The van der Waals surface area contributed by atoms with Crippen LogP contribution >= 0.6 is 0 Å². The van der Waals surface area contributed by atoms with Crippen molar-refractivity contribution in [3.63, 3.8) is 0 Å². The zero-order valence-corrected chi connectivity index (χ0v) is 8.33. The zero-order chi connectivity index (χ0) is 9.26. The SMILES string of the molecule is CC(C)N1CCCc2ccncc21. The predicted octanol–water partition coefficient (Wildman–Crippen LogP) is 2.24. The molecule has 0 saturated heterocycles. The third-order valence-electron chi connectivity index (χ3n) is 2.67. The Bertz CT molecular complexity index is 294. The van der Waals surface area contributed by atoms with Crippen molar-refractivity contribution in [3.05, 3.63) is 24.0 Å². The van der Waals surface area contributed by atoms with Gasteiger partial charge in [0, 0.05) is 18.8 Å². The first-order valence-electron chi connectivity index (χ1n) is 4.98. The largest absolute Gasteiger partial charge is 0.368 e. The van der Waals surface area contributed by atoms with E-state index in [4.69, 9.17) is 0 Å². The van der Waals surface area contributed by atoms with Gasteiger partial charge < -0.3 is 4.90 Å². The lowest BCUT2D eigenvalue weighted by atomic mass is 10.0. The number of pyridine rings is 1. The van der Waals surface area contributed by atoms with Gasteiger partial charge in [0.15, 0.2) is 0 Å². The Kier molecular flexibility index (Phi) is 2.21. The van der Waals surface area contributed by atoms with Gasteiger partial charge in [0.25, 0.3) is 0 Å². The van der Waals surface area contributed by atoms with E-state index in [9.17, 15) is 0 Å². The molecule has 0 fully saturated rings. The van der Waals surface area contributed by atoms with Crippen LogP contribution in [0.25, 0.3) is 0 Å². The van der Waals surface area contributed by atoms with Crippen molar-refractivity contribution in [2.75, 3.05) is 11.4 Å². The Morgan fingerprint density at radius 1 is 1.46 bits per heavy atom. The highest BCUT2D eigenvalue weighted by molar-refractivity contribution is 5.54. The fourth-order valence-electron chi connectivity index (χ4n) is 1.98. The van der Waals surface area contributed by atoms with Gasteiger partial charge in [-0.15, -0.1) is 0 Å². The molecular weight excluding hydrogens is 160 g/mol. The van der Waals surface area contributed by atoms with Crippen molar-refractivity contribution >= 4 is 5.69 Å². The van der Waals surface area contributed by atoms with Gasteiger partial charge in [-0.05, 0) is 38.3 Å². The molecule has 2 nitrogen and oxygen atoms in total. The minimum absolute atomic E-state index is 0.586. The van der Waals surface area contributed by atoms with Crippen molar-refractivity contribution in [1.29, 1.82) is 0 Å². The predicted molar refractivity (Wildman–Crippen MR) is 55.0 cm³/mol. The molecule has 13 heavy (non-hydrogen) atoms. The molecule has 70 valence electrons. The number of aryl methyl sites for hydroxylation is 1. The molecule has 0 bridgehead atoms. The molecule has 0 atom stereocenters. The van der Waals surface area contributed by atoms with E-state index in [0.717, 1.165) is 0 Å². The third-order valence-corrected chi connectivity index (χ3v) is 2.67. The van der Waals surface area contributed by atoms with E-state index in [0.29, 0.717) is 6.04 Å². The third kappa shape index (κ3) is 1.53. The number of rotatable bonds is 1. The monoisotopic (exact) mass is 176 g/mol. The van der Waals surface area contributed by atoms with Crippen LogP contribution in [0.2, 0.25) is 0 Å². The van der Waals surface area contributed by atoms with Crippen molar-refractivity contribution in [1.82, 2.24) is 4.98 Å². The second-order valence-corrected chi connectivity index (χ2v) is 3.90. The molecule has 0 aromatic carbocycles. The summed E-state index contributed by atoms with van der Waals surface area (Å²) in [6.45, 7) is 5.65. The highest BCUT2D eigenvalue weighted by Gasteiger charge is 2.18. The van der Waals surface area contributed by atoms with Crippen LogP contribution in [0.1, 0.15) is 25.8 Å². The molecule has 0 N–H and O–H groups in total. The maximum absolute atomic E-state index is 4.19. The van der Waals surface area contributed by atoms with Gasteiger partial charge >= 0.3 is 0 Å². The summed E-state index contributed by atoms with van der Waals surface area (Å²) in [5, 5.41) is 0. The molecule has 0 aliphatic carbocycles. The molecular formula is C11H16N2. The first-order valence-corrected chi connectivity index (χ1v) is 4.98. The number of hydrogen-bond donors (Lipinski definition) is 0. The summed E-state index contributed by atoms with van der Waals surface area (Å²) < 4.78 is 0. The summed E-state index contributed by atoms with van der Waals surface area (Å²) in [6.07, 6.45) is 6.37. The fourth-order valence-corrected chi connectivity index (χ4v) is 1.98. The Balaban J connectivity index is 2.37. The summed E-state index contributed by atoms with van der Waals surface area (Å²) in [4.78, 5) is 6.63. The second-order valence-electron chi connectivity index (χ2n) is 3.90. The molecule has 0 spiro atoms. The first kappa shape index (κ1) is 8.54. The Hall–Kier alpha value is -1.05. The number of aromatic nitrogens is 1. The van der Waals surface area contributed by atoms with Crippen molar-refractivity contribution < 1.29 is 0 Å². The van der Waals surface area contributed by atoms with E-state index in [2.05, 4.69) is 29.8 Å². The summed E-state index contributed by atoms with van der Waals surface area (Å²) in [6, 6.07) is 2.73. The zero-order valence-electron chi connectivity index (χ0n) is 8.33. The normalized spacial score (nSPS) is 16.1. The van der Waals surface area contributed by atoms with Crippen LogP contribution in [0, 0.1) is 0 Å². The van der Waals surface area contributed by atoms with Crippen LogP contribution < -0.4 is 4.90 Å². The highest BCUT2D eigenvalue weighted by Crippen LogP contribution is 2.26. The van der Waals surface area contributed by atoms with Crippen LogP contribution in [-0.4, -0.2) is 17.6 Å². The lowest BCUT2D eigenvalue weighted by molar-refractivity contribution is 0.624. The maximum Gasteiger partial charge on any atom is 0.0587 e. The molecule has 2 rings (SSSR count). The Morgan fingerprint density at radius 2 is 2.31 bits per heavy atom. The second kappa shape index (κ2) is 3.36. The Labute approximate surface area is 79.6 Å². The average molecular weight is 176 g/mol. The van der Waals surface area contributed by atoms with Crippen LogP contribution in [0.15, 0.2) is 18.5 Å². The number of hydrogen-bond acceptors (Lipinski definition) is 2. The van der Waals surface area contributed by atoms with E-state index in [1.165, 1.54) is 30.6 Å². The number of nitrogens with zero attached hydrogens (tertiary/aromatic N) is 2. The summed E-state index contributed by atoms with van der Waals surface area (Å²) in [5.41, 5.74) is 2.79. The van der Waals surface area contributed by atoms with Crippen LogP contribution in [0.5, 0.6) is 0 Å². The number of fused-ring (bicyclic) bond motifs is 1. The molecule has 1 aliphatic heterocycles. The van der Waals surface area contributed by atoms with Gasteiger partial charge in [0.05, 0.1) is 11.9 Å². The van der Waals surface area contributed by atoms with Gasteiger partial charge in [-0.1, -0.05) is 0 Å². The first-order chi connectivity index (χ1) is 6.29. The van der Waals surface area contributed by atoms with Crippen molar-refractivity contribution in [2.24, 2.45) is 0 Å². The Morgan fingerprint density at radius 3 is 3.08 bits per heavy atom. The summed E-state index contributed by atoms with van der Waals surface area (Å²) >= 11 is 0. The summed E-state index contributed by atoms with van der Waals surface area (Å²) in [5.74, 6) is 0. The van der Waals surface area contributed by atoms with Gasteiger partial charge in [0.2, 0.25) is 0 Å². The fraction of sp³-hybridized carbons (Fsp3) is 0.545. The van der Waals surface area contributed by atoms with Gasteiger partial charge in [-0.2, -0.15) is 0 Å². The maximum atomic E-state index is 4.19. The van der Waals surface area contributed by atoms with E-state index < -0.39 is 0 Å². The number of anilines is 1. The molecule has 2 heteroatoms. The molecule has 1 aliphatic rings. The molecule has 0 unspecified atom stereocenters. The van der Waals surface area contributed by atoms with Gasteiger partial charge in [-0.25, -0.2) is 0 Å². The van der Waals surface area contributed by atoms with Crippen LogP contribution in [0.3, 0.4) is 0 Å². The molecule has 0 radical (unpaired) electrons. The molecule has 1 aromatic heterocycles. The molecule has 0 amide bonds. The quantitative estimate of drug-likeness (QED) is 0.652. The van der Waals surface area contributed by atoms with E-state index >= 15 is 0 Å².